The molecule has 0 aromatic heterocycles. The Hall–Kier alpha value is -2.04. The fraction of sp³-hybridized carbons (Fsp3) is 0.579. The summed E-state index contributed by atoms with van der Waals surface area (Å²) < 4.78 is 5.39. The Morgan fingerprint density at radius 3 is 2.50 bits per heavy atom. The summed E-state index contributed by atoms with van der Waals surface area (Å²) in [4.78, 5) is 25.7. The zero-order valence-corrected chi connectivity index (χ0v) is 14.7. The molecule has 1 saturated heterocycles. The van der Waals surface area contributed by atoms with Crippen LogP contribution in [-0.4, -0.2) is 34.6 Å². The number of carboxylic acid groups (broad SMARTS) is 1. The molecule has 1 fully saturated rings. The van der Waals surface area contributed by atoms with Crippen LogP contribution in [0.3, 0.4) is 0 Å². The average molecular weight is 332 g/mol. The van der Waals surface area contributed by atoms with E-state index in [1.807, 2.05) is 30.3 Å². The molecular weight excluding hydrogens is 306 g/mol. The molecule has 1 aromatic rings. The number of hydrogen-bond acceptors (Lipinski definition) is 4. The van der Waals surface area contributed by atoms with Crippen LogP contribution < -0.4 is 5.11 Å². The van der Waals surface area contributed by atoms with Gasteiger partial charge < -0.3 is 14.6 Å². The molecule has 1 aliphatic rings. The first kappa shape index (κ1) is 18.3. The lowest BCUT2D eigenvalue weighted by Gasteiger charge is -2.40. The molecule has 2 rings (SSSR count). The van der Waals surface area contributed by atoms with Gasteiger partial charge in [0.25, 0.3) is 0 Å². The number of likely N-dealkylation sites (tertiary alicyclic amines) is 1. The number of hydrogen-bond donors (Lipinski definition) is 0. The SMILES string of the molecule is CC(C)(C)OC(=O)N1CCC[C@@]1(CCCc1ccccc1)C(=O)[O-]. The van der Waals surface area contributed by atoms with E-state index in [4.69, 9.17) is 4.74 Å². The first-order valence-corrected chi connectivity index (χ1v) is 8.51. The highest BCUT2D eigenvalue weighted by molar-refractivity contribution is 5.84. The third-order valence-corrected chi connectivity index (χ3v) is 4.38. The number of aryl methyl sites for hydroxylation is 1. The van der Waals surface area contributed by atoms with Crippen molar-refractivity contribution in [3.63, 3.8) is 0 Å². The third kappa shape index (κ3) is 4.28. The largest absolute Gasteiger partial charge is 0.548 e. The summed E-state index contributed by atoms with van der Waals surface area (Å²) in [5.74, 6) is -1.18. The van der Waals surface area contributed by atoms with E-state index in [0.29, 0.717) is 32.2 Å². The van der Waals surface area contributed by atoms with Gasteiger partial charge in [0, 0.05) is 6.54 Å². The zero-order valence-electron chi connectivity index (χ0n) is 14.7. The molecule has 0 N–H and O–H groups in total. The Bertz CT molecular complexity index is 579. The molecule has 1 aliphatic heterocycles. The van der Waals surface area contributed by atoms with Crippen molar-refractivity contribution in [2.45, 2.75) is 64.0 Å². The number of ether oxygens (including phenoxy) is 1. The lowest BCUT2D eigenvalue weighted by molar-refractivity contribution is -0.318. The highest BCUT2D eigenvalue weighted by Gasteiger charge is 2.46. The van der Waals surface area contributed by atoms with Gasteiger partial charge in [0.15, 0.2) is 0 Å². The van der Waals surface area contributed by atoms with Gasteiger partial charge in [-0.15, -0.1) is 0 Å². The molecule has 1 amide bonds. The molecule has 24 heavy (non-hydrogen) atoms. The molecule has 132 valence electrons. The summed E-state index contributed by atoms with van der Waals surface area (Å²) in [6, 6.07) is 9.92. The van der Waals surface area contributed by atoms with Gasteiger partial charge in [-0.3, -0.25) is 4.90 Å². The lowest BCUT2D eigenvalue weighted by Crippen LogP contribution is -2.59. The zero-order chi connectivity index (χ0) is 17.8. The number of carbonyl (C=O) groups excluding carboxylic acids is 2. The molecule has 0 spiro atoms. The van der Waals surface area contributed by atoms with Gasteiger partial charge in [-0.05, 0) is 58.4 Å². The summed E-state index contributed by atoms with van der Waals surface area (Å²) >= 11 is 0. The van der Waals surface area contributed by atoms with Crippen molar-refractivity contribution in [3.05, 3.63) is 35.9 Å². The molecule has 0 saturated carbocycles. The van der Waals surface area contributed by atoms with E-state index in [1.54, 1.807) is 20.8 Å². The van der Waals surface area contributed by atoms with Gasteiger partial charge in [-0.2, -0.15) is 0 Å². The predicted octanol–water partition coefficient (Wildman–Crippen LogP) is 2.53. The summed E-state index contributed by atoms with van der Waals surface area (Å²) in [6.45, 7) is 5.72. The van der Waals surface area contributed by atoms with Gasteiger partial charge in [0.1, 0.15) is 5.60 Å². The minimum absolute atomic E-state index is 0.378. The standard InChI is InChI=1S/C19H27NO4/c1-18(2,3)24-17(23)20-14-8-13-19(20,16(21)22)12-7-11-15-9-5-4-6-10-15/h4-6,9-10H,7-8,11-14H2,1-3H3,(H,21,22)/p-1/t19-/m0/s1. The van der Waals surface area contributed by atoms with E-state index in [0.717, 1.165) is 12.0 Å². The van der Waals surface area contributed by atoms with Crippen LogP contribution in [-0.2, 0) is 16.0 Å². The number of aliphatic carboxylic acids is 1. The first-order valence-electron chi connectivity index (χ1n) is 8.51. The van der Waals surface area contributed by atoms with E-state index in [1.165, 1.54) is 4.90 Å². The Labute approximate surface area is 143 Å². The van der Waals surface area contributed by atoms with Crippen LogP contribution in [0.5, 0.6) is 0 Å². The molecular formula is C19H26NO4-. The first-order chi connectivity index (χ1) is 11.2. The summed E-state index contributed by atoms with van der Waals surface area (Å²) in [7, 11) is 0. The maximum atomic E-state index is 12.4. The van der Waals surface area contributed by atoms with Crippen molar-refractivity contribution >= 4 is 12.1 Å². The van der Waals surface area contributed by atoms with Crippen molar-refractivity contribution in [3.8, 4) is 0 Å². The van der Waals surface area contributed by atoms with Crippen molar-refractivity contribution in [2.75, 3.05) is 6.54 Å². The quantitative estimate of drug-likeness (QED) is 0.831. The third-order valence-electron chi connectivity index (χ3n) is 4.38. The summed E-state index contributed by atoms with van der Waals surface area (Å²) in [5.41, 5.74) is -0.744. The van der Waals surface area contributed by atoms with Crippen molar-refractivity contribution in [1.82, 2.24) is 4.90 Å². The Morgan fingerprint density at radius 1 is 1.25 bits per heavy atom. The Balaban J connectivity index is 2.07. The maximum Gasteiger partial charge on any atom is 0.411 e. The van der Waals surface area contributed by atoms with Crippen LogP contribution in [0.25, 0.3) is 0 Å². The molecule has 1 heterocycles. The fourth-order valence-corrected chi connectivity index (χ4v) is 3.27. The van der Waals surface area contributed by atoms with Crippen LogP contribution in [0.2, 0.25) is 0 Å². The molecule has 5 heteroatoms. The molecule has 0 bridgehead atoms. The normalized spacial score (nSPS) is 20.9. The van der Waals surface area contributed by atoms with E-state index in [9.17, 15) is 14.7 Å². The maximum absolute atomic E-state index is 12.4. The smallest absolute Gasteiger partial charge is 0.411 e. The van der Waals surface area contributed by atoms with E-state index in [-0.39, 0.29) is 0 Å². The fourth-order valence-electron chi connectivity index (χ4n) is 3.27. The monoisotopic (exact) mass is 332 g/mol. The van der Waals surface area contributed by atoms with Gasteiger partial charge >= 0.3 is 6.09 Å². The second kappa shape index (κ2) is 7.24. The van der Waals surface area contributed by atoms with Gasteiger partial charge in [-0.25, -0.2) is 4.79 Å². The Morgan fingerprint density at radius 2 is 1.92 bits per heavy atom. The molecule has 0 aliphatic carbocycles. The summed E-state index contributed by atoms with van der Waals surface area (Å²) in [6.07, 6.45) is 2.34. The van der Waals surface area contributed by atoms with Gasteiger partial charge in [-0.1, -0.05) is 30.3 Å². The summed E-state index contributed by atoms with van der Waals surface area (Å²) in [5, 5.41) is 11.9. The molecule has 0 radical (unpaired) electrons. The number of benzene rings is 1. The van der Waals surface area contributed by atoms with E-state index >= 15 is 0 Å². The van der Waals surface area contributed by atoms with E-state index in [2.05, 4.69) is 0 Å². The minimum atomic E-state index is -1.25. The van der Waals surface area contributed by atoms with Crippen LogP contribution in [0.15, 0.2) is 30.3 Å². The number of nitrogens with zero attached hydrogens (tertiary/aromatic N) is 1. The van der Waals surface area contributed by atoms with Crippen LogP contribution in [0.1, 0.15) is 52.0 Å². The highest BCUT2D eigenvalue weighted by atomic mass is 16.6. The van der Waals surface area contributed by atoms with Gasteiger partial charge in [0.2, 0.25) is 0 Å². The van der Waals surface area contributed by atoms with E-state index < -0.39 is 23.2 Å². The predicted molar refractivity (Wildman–Crippen MR) is 89.3 cm³/mol. The van der Waals surface area contributed by atoms with Crippen molar-refractivity contribution < 1.29 is 19.4 Å². The number of carboxylic acids is 1. The molecule has 5 nitrogen and oxygen atoms in total. The molecule has 0 unspecified atom stereocenters. The number of carbonyl (C=O) groups is 2. The topological polar surface area (TPSA) is 69.7 Å². The number of rotatable bonds is 5. The van der Waals surface area contributed by atoms with Crippen LogP contribution in [0.4, 0.5) is 4.79 Å². The Kier molecular flexibility index (Phi) is 5.52. The average Bonchev–Trinajstić information content (AvgIpc) is 2.92. The van der Waals surface area contributed by atoms with Gasteiger partial charge in [0.05, 0.1) is 11.5 Å². The second-order valence-corrected chi connectivity index (χ2v) is 7.39. The lowest BCUT2D eigenvalue weighted by atomic mass is 9.89. The van der Waals surface area contributed by atoms with Crippen molar-refractivity contribution in [1.29, 1.82) is 0 Å². The highest BCUT2D eigenvalue weighted by Crippen LogP contribution is 2.35. The van der Waals surface area contributed by atoms with Crippen LogP contribution in [0, 0.1) is 0 Å². The number of amides is 1. The van der Waals surface area contributed by atoms with Crippen LogP contribution >= 0.6 is 0 Å². The molecule has 1 atom stereocenters. The minimum Gasteiger partial charge on any atom is -0.548 e. The van der Waals surface area contributed by atoms with Crippen molar-refractivity contribution in [2.24, 2.45) is 0 Å². The molecule has 1 aromatic carbocycles. The second-order valence-electron chi connectivity index (χ2n) is 7.39.